The van der Waals surface area contributed by atoms with E-state index in [0.29, 0.717) is 0 Å². The molecule has 1 aromatic rings. The quantitative estimate of drug-likeness (QED) is 0.780. The third kappa shape index (κ3) is 1.68. The Hall–Kier alpha value is -1.26. The lowest BCUT2D eigenvalue weighted by Crippen LogP contribution is -2.23. The summed E-state index contributed by atoms with van der Waals surface area (Å²) in [5.41, 5.74) is 1.12. The van der Waals surface area contributed by atoms with Gasteiger partial charge < -0.3 is 5.32 Å². The molecule has 4 unspecified atom stereocenters. The number of hydrogen-bond donors (Lipinski definition) is 1. The van der Waals surface area contributed by atoms with Crippen LogP contribution in [0.25, 0.3) is 0 Å². The zero-order valence-electron chi connectivity index (χ0n) is 10.6. The van der Waals surface area contributed by atoms with Crippen molar-refractivity contribution in [3.63, 3.8) is 0 Å². The van der Waals surface area contributed by atoms with Crippen molar-refractivity contribution in [1.82, 2.24) is 5.32 Å². The first-order valence-corrected chi connectivity index (χ1v) is 7.21. The maximum atomic E-state index is 3.66. The molecule has 1 N–H and O–H groups in total. The lowest BCUT2D eigenvalue weighted by Gasteiger charge is -2.07. The Balaban J connectivity index is 1.30. The predicted octanol–water partition coefficient (Wildman–Crippen LogP) is 2.67. The number of fused-ring (bicyclic) bond motifs is 5. The lowest BCUT2D eigenvalue weighted by molar-refractivity contribution is 0.456. The summed E-state index contributed by atoms with van der Waals surface area (Å²) < 4.78 is 0. The van der Waals surface area contributed by atoms with E-state index in [1.165, 1.54) is 19.3 Å². The second kappa shape index (κ2) is 4.14. The van der Waals surface area contributed by atoms with Crippen LogP contribution in [0.15, 0.2) is 30.3 Å². The van der Waals surface area contributed by atoms with Crippen molar-refractivity contribution in [2.24, 2.45) is 23.7 Å². The molecule has 2 bridgehead atoms. The summed E-state index contributed by atoms with van der Waals surface area (Å²) in [7, 11) is 0. The van der Waals surface area contributed by atoms with Gasteiger partial charge in [0.05, 0.1) is 6.54 Å². The largest absolute Gasteiger partial charge is 0.303 e. The Bertz CT molecular complexity index is 479. The van der Waals surface area contributed by atoms with Crippen LogP contribution in [0.4, 0.5) is 0 Å². The Labute approximate surface area is 109 Å². The molecule has 4 rings (SSSR count). The molecule has 3 aliphatic carbocycles. The first kappa shape index (κ1) is 10.6. The van der Waals surface area contributed by atoms with Gasteiger partial charge in [0.2, 0.25) is 0 Å². The van der Waals surface area contributed by atoms with Gasteiger partial charge in [-0.15, -0.1) is 0 Å². The lowest BCUT2D eigenvalue weighted by atomic mass is 10.0. The summed E-state index contributed by atoms with van der Waals surface area (Å²) in [5, 5.41) is 3.66. The topological polar surface area (TPSA) is 12.0 Å². The van der Waals surface area contributed by atoms with Gasteiger partial charge in [0, 0.05) is 11.6 Å². The molecular weight excluding hydrogens is 218 g/mol. The number of nitrogens with one attached hydrogen (secondary N) is 1. The van der Waals surface area contributed by atoms with Crippen LogP contribution < -0.4 is 5.32 Å². The second-order valence-electron chi connectivity index (χ2n) is 6.06. The average molecular weight is 237 g/mol. The van der Waals surface area contributed by atoms with E-state index in [2.05, 4.69) is 29.3 Å². The number of rotatable bonds is 2. The summed E-state index contributed by atoms with van der Waals surface area (Å²) in [6.45, 7) is 0.853. The fraction of sp³-hybridized carbons (Fsp3) is 0.529. The molecule has 1 aromatic carbocycles. The SMILES string of the molecule is C(#Cc1ccccc1)CNC1C2C3CCC(C3)C12. The smallest absolute Gasteiger partial charge is 0.0582 e. The molecule has 1 nitrogen and oxygen atoms in total. The van der Waals surface area contributed by atoms with Crippen LogP contribution in [0.2, 0.25) is 0 Å². The Kier molecular flexibility index (Phi) is 2.45. The van der Waals surface area contributed by atoms with Crippen molar-refractivity contribution in [3.05, 3.63) is 35.9 Å². The maximum Gasteiger partial charge on any atom is 0.0582 e. The summed E-state index contributed by atoms with van der Waals surface area (Å²) in [6, 6.07) is 11.1. The van der Waals surface area contributed by atoms with Crippen LogP contribution in [-0.4, -0.2) is 12.6 Å². The Morgan fingerprint density at radius 1 is 1.06 bits per heavy atom. The van der Waals surface area contributed by atoms with E-state index < -0.39 is 0 Å². The van der Waals surface area contributed by atoms with Crippen LogP contribution in [-0.2, 0) is 0 Å². The van der Waals surface area contributed by atoms with Gasteiger partial charge in [-0.3, -0.25) is 0 Å². The van der Waals surface area contributed by atoms with E-state index in [1.54, 1.807) is 0 Å². The normalized spacial score (nSPS) is 39.0. The second-order valence-corrected chi connectivity index (χ2v) is 6.06. The third-order valence-corrected chi connectivity index (χ3v) is 5.17. The Morgan fingerprint density at radius 2 is 1.78 bits per heavy atom. The van der Waals surface area contributed by atoms with E-state index in [4.69, 9.17) is 0 Å². The van der Waals surface area contributed by atoms with Crippen LogP contribution in [0.5, 0.6) is 0 Å². The highest BCUT2D eigenvalue weighted by Crippen LogP contribution is 2.65. The van der Waals surface area contributed by atoms with E-state index in [0.717, 1.165) is 41.8 Å². The maximum absolute atomic E-state index is 3.66. The summed E-state index contributed by atoms with van der Waals surface area (Å²) in [5.74, 6) is 10.6. The molecule has 18 heavy (non-hydrogen) atoms. The van der Waals surface area contributed by atoms with E-state index in [1.807, 2.05) is 18.2 Å². The van der Waals surface area contributed by atoms with Crippen LogP contribution >= 0.6 is 0 Å². The van der Waals surface area contributed by atoms with Crippen LogP contribution in [0, 0.1) is 35.5 Å². The van der Waals surface area contributed by atoms with Gasteiger partial charge in [-0.25, -0.2) is 0 Å². The van der Waals surface area contributed by atoms with Crippen molar-refractivity contribution in [2.45, 2.75) is 25.3 Å². The van der Waals surface area contributed by atoms with E-state index >= 15 is 0 Å². The highest BCUT2D eigenvalue weighted by atomic mass is 15.0. The monoisotopic (exact) mass is 237 g/mol. The molecule has 1 heteroatoms. The molecule has 4 atom stereocenters. The molecule has 0 spiro atoms. The highest BCUT2D eigenvalue weighted by molar-refractivity contribution is 5.34. The molecule has 3 saturated carbocycles. The van der Waals surface area contributed by atoms with Gasteiger partial charge in [0.15, 0.2) is 0 Å². The molecule has 0 amide bonds. The summed E-state index contributed by atoms with van der Waals surface area (Å²) in [4.78, 5) is 0. The van der Waals surface area contributed by atoms with E-state index in [9.17, 15) is 0 Å². The predicted molar refractivity (Wildman–Crippen MR) is 72.9 cm³/mol. The minimum Gasteiger partial charge on any atom is -0.303 e. The molecule has 3 fully saturated rings. The molecule has 0 heterocycles. The van der Waals surface area contributed by atoms with Crippen molar-refractivity contribution in [2.75, 3.05) is 6.54 Å². The minimum atomic E-state index is 0.807. The summed E-state index contributed by atoms with van der Waals surface area (Å²) >= 11 is 0. The van der Waals surface area contributed by atoms with Crippen molar-refractivity contribution in [3.8, 4) is 11.8 Å². The van der Waals surface area contributed by atoms with Crippen molar-refractivity contribution >= 4 is 0 Å². The van der Waals surface area contributed by atoms with Gasteiger partial charge >= 0.3 is 0 Å². The fourth-order valence-corrected chi connectivity index (χ4v) is 4.43. The van der Waals surface area contributed by atoms with Gasteiger partial charge in [-0.1, -0.05) is 30.0 Å². The Morgan fingerprint density at radius 3 is 2.50 bits per heavy atom. The average Bonchev–Trinajstić information content (AvgIpc) is 2.81. The van der Waals surface area contributed by atoms with Crippen LogP contribution in [0.3, 0.4) is 0 Å². The van der Waals surface area contributed by atoms with Gasteiger partial charge in [-0.05, 0) is 55.1 Å². The van der Waals surface area contributed by atoms with Crippen molar-refractivity contribution < 1.29 is 0 Å². The molecule has 3 aliphatic rings. The molecule has 0 radical (unpaired) electrons. The van der Waals surface area contributed by atoms with Crippen LogP contribution in [0.1, 0.15) is 24.8 Å². The zero-order chi connectivity index (χ0) is 11.9. The highest BCUT2D eigenvalue weighted by Gasteiger charge is 2.64. The first-order chi connectivity index (χ1) is 8.93. The summed E-state index contributed by atoms with van der Waals surface area (Å²) in [6.07, 6.45) is 4.53. The third-order valence-electron chi connectivity index (χ3n) is 5.17. The first-order valence-electron chi connectivity index (χ1n) is 7.21. The molecule has 0 saturated heterocycles. The molecule has 0 aliphatic heterocycles. The molecule has 0 aromatic heterocycles. The fourth-order valence-electron chi connectivity index (χ4n) is 4.43. The molecule has 92 valence electrons. The zero-order valence-corrected chi connectivity index (χ0v) is 10.6. The van der Waals surface area contributed by atoms with Gasteiger partial charge in [-0.2, -0.15) is 0 Å². The van der Waals surface area contributed by atoms with E-state index in [-0.39, 0.29) is 0 Å². The van der Waals surface area contributed by atoms with Crippen molar-refractivity contribution in [1.29, 1.82) is 0 Å². The number of hydrogen-bond acceptors (Lipinski definition) is 1. The van der Waals surface area contributed by atoms with Gasteiger partial charge in [0.25, 0.3) is 0 Å². The van der Waals surface area contributed by atoms with Gasteiger partial charge in [0.1, 0.15) is 0 Å². The minimum absolute atomic E-state index is 0.807. The number of benzene rings is 1. The standard InChI is InChI=1S/C17H19N/c1-2-5-12(6-3-1)7-4-10-18-17-15-13-8-9-14(11-13)16(15)17/h1-3,5-6,13-18H,8-11H2. The molecular formula is C17H19N.